The van der Waals surface area contributed by atoms with Crippen LogP contribution in [0.1, 0.15) is 0 Å². The first-order chi connectivity index (χ1) is 6.11. The highest BCUT2D eigenvalue weighted by molar-refractivity contribution is 7.99. The van der Waals surface area contributed by atoms with Crippen LogP contribution in [0.3, 0.4) is 0 Å². The Bertz CT molecular complexity index is 302. The topological polar surface area (TPSA) is 12.9 Å². The summed E-state index contributed by atoms with van der Waals surface area (Å²) in [5, 5.41) is 2.65. The first-order valence-electron chi connectivity index (χ1n) is 3.24. The van der Waals surface area contributed by atoms with Crippen LogP contribution >= 0.6 is 58.3 Å². The Morgan fingerprint density at radius 3 is 1.54 bits per heavy atom. The van der Waals surface area contributed by atoms with Crippen LogP contribution in [0, 0.1) is 0 Å². The summed E-state index contributed by atoms with van der Waals surface area (Å²) in [7, 11) is 0. The molecule has 0 amide bonds. The summed E-state index contributed by atoms with van der Waals surface area (Å²) < 4.78 is 0. The number of nitrogens with zero attached hydrogens (tertiary/aromatic N) is 1. The van der Waals surface area contributed by atoms with Crippen molar-refractivity contribution in [3.63, 3.8) is 0 Å². The summed E-state index contributed by atoms with van der Waals surface area (Å²) >= 11 is 20.6. The molecule has 13 heavy (non-hydrogen) atoms. The maximum absolute atomic E-state index is 5.92. The van der Waals surface area contributed by atoms with E-state index in [1.54, 1.807) is 0 Å². The van der Waals surface area contributed by atoms with E-state index in [0.717, 1.165) is 0 Å². The molecule has 0 saturated heterocycles. The zero-order chi connectivity index (χ0) is 10.0. The van der Waals surface area contributed by atoms with Gasteiger partial charge in [0.25, 0.3) is 0 Å². The molecule has 1 aromatic rings. The molecule has 0 saturated carbocycles. The van der Waals surface area contributed by atoms with Crippen molar-refractivity contribution in [2.24, 2.45) is 0 Å². The number of rotatable bonds is 2. The van der Waals surface area contributed by atoms with Gasteiger partial charge in [-0.05, 0) is 12.5 Å². The van der Waals surface area contributed by atoms with Crippen molar-refractivity contribution in [2.75, 3.05) is 12.5 Å². The Morgan fingerprint density at radius 2 is 1.23 bits per heavy atom. The normalized spacial score (nSPS) is 10.5. The lowest BCUT2D eigenvalue weighted by atomic mass is 10.5. The van der Waals surface area contributed by atoms with Gasteiger partial charge in [0.15, 0.2) is 0 Å². The van der Waals surface area contributed by atoms with Crippen molar-refractivity contribution >= 4 is 58.3 Å². The third-order valence-electron chi connectivity index (χ3n) is 1.35. The lowest BCUT2D eigenvalue weighted by Crippen LogP contribution is -1.88. The van der Waals surface area contributed by atoms with Crippen LogP contribution < -0.4 is 0 Å². The predicted octanol–water partition coefficient (Wildman–Crippen LogP) is 4.49. The minimum Gasteiger partial charge on any atom is -0.232 e. The van der Waals surface area contributed by atoms with Crippen LogP contribution in [-0.2, 0) is 0 Å². The molecule has 1 aromatic heterocycles. The van der Waals surface area contributed by atoms with E-state index in [-0.39, 0.29) is 0 Å². The maximum atomic E-state index is 5.92. The van der Waals surface area contributed by atoms with E-state index >= 15 is 0 Å². The van der Waals surface area contributed by atoms with Gasteiger partial charge in [0.1, 0.15) is 10.1 Å². The standard InChI is InChI=1S/C7H6Cl3NS2/c1-12-6-4(9)3(8)5(10)7(11-6)13-2/h1-2H3. The van der Waals surface area contributed by atoms with E-state index in [0.29, 0.717) is 25.1 Å². The van der Waals surface area contributed by atoms with Gasteiger partial charge in [-0.2, -0.15) is 0 Å². The van der Waals surface area contributed by atoms with Crippen LogP contribution in [0.2, 0.25) is 15.1 Å². The Kier molecular flexibility index (Phi) is 4.52. The summed E-state index contributed by atoms with van der Waals surface area (Å²) in [5.41, 5.74) is 0. The van der Waals surface area contributed by atoms with E-state index in [4.69, 9.17) is 34.8 Å². The minimum absolute atomic E-state index is 0.382. The molecule has 72 valence electrons. The first-order valence-corrected chi connectivity index (χ1v) is 6.82. The molecule has 1 nitrogen and oxygen atoms in total. The highest BCUT2D eigenvalue weighted by atomic mass is 35.5. The molecule has 0 aromatic carbocycles. The average molecular weight is 275 g/mol. The number of hydrogen-bond acceptors (Lipinski definition) is 3. The van der Waals surface area contributed by atoms with Crippen molar-refractivity contribution in [3.05, 3.63) is 15.1 Å². The highest BCUT2D eigenvalue weighted by Crippen LogP contribution is 2.39. The van der Waals surface area contributed by atoms with Crippen LogP contribution in [0.4, 0.5) is 0 Å². The molecule has 0 aliphatic carbocycles. The fourth-order valence-corrected chi connectivity index (χ4v) is 2.81. The van der Waals surface area contributed by atoms with Crippen molar-refractivity contribution in [2.45, 2.75) is 10.1 Å². The van der Waals surface area contributed by atoms with E-state index in [9.17, 15) is 0 Å². The van der Waals surface area contributed by atoms with Crippen LogP contribution in [0.15, 0.2) is 10.1 Å². The van der Waals surface area contributed by atoms with Gasteiger partial charge in [0, 0.05) is 0 Å². The molecular formula is C7H6Cl3NS2. The molecule has 0 unspecified atom stereocenters. The SMILES string of the molecule is CSc1nc(SC)c(Cl)c(Cl)c1Cl. The predicted molar refractivity (Wildman–Crippen MR) is 62.8 cm³/mol. The van der Waals surface area contributed by atoms with Crippen molar-refractivity contribution in [3.8, 4) is 0 Å². The molecule has 0 aliphatic heterocycles. The van der Waals surface area contributed by atoms with Crippen LogP contribution in [0.5, 0.6) is 0 Å². The molecule has 0 atom stereocenters. The molecule has 0 spiro atoms. The zero-order valence-corrected chi connectivity index (χ0v) is 10.8. The molecule has 0 radical (unpaired) electrons. The Hall–Kier alpha value is 0.720. The molecule has 1 rings (SSSR count). The summed E-state index contributed by atoms with van der Waals surface area (Å²) in [6, 6.07) is 0. The molecular weight excluding hydrogens is 269 g/mol. The van der Waals surface area contributed by atoms with Gasteiger partial charge in [0.05, 0.1) is 15.1 Å². The Labute approximate surface area is 101 Å². The second-order valence-electron chi connectivity index (χ2n) is 2.07. The number of pyridine rings is 1. The number of thioether (sulfide) groups is 2. The lowest BCUT2D eigenvalue weighted by molar-refractivity contribution is 1.01. The van der Waals surface area contributed by atoms with E-state index in [2.05, 4.69) is 4.98 Å². The minimum atomic E-state index is 0.382. The summed E-state index contributed by atoms with van der Waals surface area (Å²) in [6.07, 6.45) is 3.78. The number of hydrogen-bond donors (Lipinski definition) is 0. The van der Waals surface area contributed by atoms with Crippen molar-refractivity contribution in [1.29, 1.82) is 0 Å². The monoisotopic (exact) mass is 273 g/mol. The summed E-state index contributed by atoms with van der Waals surface area (Å²) in [4.78, 5) is 4.25. The van der Waals surface area contributed by atoms with Crippen molar-refractivity contribution in [1.82, 2.24) is 4.98 Å². The molecule has 0 N–H and O–H groups in total. The van der Waals surface area contributed by atoms with E-state index < -0.39 is 0 Å². The second kappa shape index (κ2) is 4.99. The number of aromatic nitrogens is 1. The first kappa shape index (κ1) is 11.8. The summed E-state index contributed by atoms with van der Waals surface area (Å²) in [6.45, 7) is 0. The maximum Gasteiger partial charge on any atom is 0.117 e. The third kappa shape index (κ3) is 2.39. The smallest absolute Gasteiger partial charge is 0.117 e. The van der Waals surface area contributed by atoms with Gasteiger partial charge in [-0.3, -0.25) is 0 Å². The number of halogens is 3. The zero-order valence-electron chi connectivity index (χ0n) is 6.90. The fourth-order valence-electron chi connectivity index (χ4n) is 0.745. The van der Waals surface area contributed by atoms with Gasteiger partial charge in [-0.15, -0.1) is 23.5 Å². The molecule has 0 fully saturated rings. The Morgan fingerprint density at radius 1 is 0.846 bits per heavy atom. The molecule has 0 aliphatic rings. The van der Waals surface area contributed by atoms with Gasteiger partial charge in [-0.1, -0.05) is 34.8 Å². The van der Waals surface area contributed by atoms with Crippen LogP contribution in [0.25, 0.3) is 0 Å². The van der Waals surface area contributed by atoms with Crippen LogP contribution in [-0.4, -0.2) is 17.5 Å². The fraction of sp³-hybridized carbons (Fsp3) is 0.286. The molecule has 0 bridgehead atoms. The van der Waals surface area contributed by atoms with Crippen molar-refractivity contribution < 1.29 is 0 Å². The van der Waals surface area contributed by atoms with Gasteiger partial charge in [0.2, 0.25) is 0 Å². The van der Waals surface area contributed by atoms with E-state index in [1.807, 2.05) is 12.5 Å². The summed E-state index contributed by atoms with van der Waals surface area (Å²) in [5.74, 6) is 0. The quantitative estimate of drug-likeness (QED) is 0.738. The van der Waals surface area contributed by atoms with E-state index in [1.165, 1.54) is 23.5 Å². The van der Waals surface area contributed by atoms with Gasteiger partial charge in [-0.25, -0.2) is 4.98 Å². The Balaban J connectivity index is 3.36. The molecule has 6 heteroatoms. The third-order valence-corrected chi connectivity index (χ3v) is 4.25. The van der Waals surface area contributed by atoms with Gasteiger partial charge >= 0.3 is 0 Å². The highest BCUT2D eigenvalue weighted by Gasteiger charge is 2.14. The second-order valence-corrected chi connectivity index (χ2v) is 4.80. The molecule has 1 heterocycles. The van der Waals surface area contributed by atoms with Gasteiger partial charge < -0.3 is 0 Å². The largest absolute Gasteiger partial charge is 0.232 e. The lowest BCUT2D eigenvalue weighted by Gasteiger charge is -2.07. The average Bonchev–Trinajstić information content (AvgIpc) is 2.15.